The fourth-order valence-electron chi connectivity index (χ4n) is 1.49. The van der Waals surface area contributed by atoms with Gasteiger partial charge in [-0.25, -0.2) is 0 Å². The number of carbonyl (C=O) groups is 1. The van der Waals surface area contributed by atoms with Crippen molar-refractivity contribution >= 4 is 34.5 Å². The molecule has 17 heavy (non-hydrogen) atoms. The van der Waals surface area contributed by atoms with Crippen molar-refractivity contribution in [2.45, 2.75) is 39.7 Å². The molecule has 0 aliphatic heterocycles. The number of carbonyl (C=O) groups excluding carboxylic acids is 1. The summed E-state index contributed by atoms with van der Waals surface area (Å²) < 4.78 is 0. The van der Waals surface area contributed by atoms with Crippen LogP contribution >= 0.6 is 23.6 Å². The molecule has 0 aromatic carbocycles. The van der Waals surface area contributed by atoms with E-state index < -0.39 is 0 Å². The Morgan fingerprint density at radius 2 is 2.24 bits per heavy atom. The minimum atomic E-state index is -0.204. The number of thiocarbonyl (C=S) groups is 1. The lowest BCUT2D eigenvalue weighted by molar-refractivity contribution is 0.0949. The molecule has 0 spiro atoms. The van der Waals surface area contributed by atoms with Crippen LogP contribution in [0.1, 0.15) is 39.9 Å². The van der Waals surface area contributed by atoms with Crippen molar-refractivity contribution in [3.63, 3.8) is 0 Å². The fraction of sp³-hybridized carbons (Fsp3) is 0.500. The molecule has 1 atom stereocenters. The molecule has 3 N–H and O–H groups in total. The van der Waals surface area contributed by atoms with Gasteiger partial charge in [0.25, 0.3) is 5.91 Å². The molecular weight excluding hydrogens is 252 g/mol. The maximum absolute atomic E-state index is 12.0. The highest BCUT2D eigenvalue weighted by Gasteiger charge is 2.17. The highest BCUT2D eigenvalue weighted by molar-refractivity contribution is 7.80. The zero-order chi connectivity index (χ0) is 13.0. The van der Waals surface area contributed by atoms with Gasteiger partial charge in [-0.3, -0.25) is 4.79 Å². The summed E-state index contributed by atoms with van der Waals surface area (Å²) in [5, 5.41) is 2.88. The second-order valence-electron chi connectivity index (χ2n) is 4.07. The predicted octanol–water partition coefficient (Wildman–Crippen LogP) is 2.55. The average molecular weight is 270 g/mol. The first-order valence-corrected chi connectivity index (χ1v) is 6.85. The van der Waals surface area contributed by atoms with E-state index in [0.717, 1.165) is 28.2 Å². The van der Waals surface area contributed by atoms with Crippen LogP contribution in [0.3, 0.4) is 0 Å². The number of hydrogen-bond acceptors (Lipinski definition) is 3. The topological polar surface area (TPSA) is 55.1 Å². The molecule has 1 aromatic rings. The van der Waals surface area contributed by atoms with Crippen LogP contribution in [0.2, 0.25) is 0 Å². The second kappa shape index (κ2) is 6.12. The number of aryl methyl sites for hydroxylation is 2. The van der Waals surface area contributed by atoms with Crippen molar-refractivity contribution in [2.75, 3.05) is 0 Å². The Hall–Kier alpha value is -0.940. The molecule has 1 amide bonds. The summed E-state index contributed by atoms with van der Waals surface area (Å²) in [7, 11) is 0. The van der Waals surface area contributed by atoms with Crippen molar-refractivity contribution < 1.29 is 4.79 Å². The van der Waals surface area contributed by atoms with Crippen molar-refractivity contribution in [3.8, 4) is 0 Å². The van der Waals surface area contributed by atoms with E-state index in [1.54, 1.807) is 0 Å². The smallest absolute Gasteiger partial charge is 0.261 e. The number of rotatable bonds is 5. The van der Waals surface area contributed by atoms with Gasteiger partial charge >= 0.3 is 0 Å². The van der Waals surface area contributed by atoms with Crippen LogP contribution in [0.15, 0.2) is 6.07 Å². The molecule has 0 saturated heterocycles. The Morgan fingerprint density at radius 3 is 2.65 bits per heavy atom. The van der Waals surface area contributed by atoms with Crippen LogP contribution in [0.25, 0.3) is 0 Å². The first kappa shape index (κ1) is 14.1. The predicted molar refractivity (Wildman–Crippen MR) is 76.7 cm³/mol. The lowest BCUT2D eigenvalue weighted by Gasteiger charge is -2.15. The molecule has 94 valence electrons. The Balaban J connectivity index is 2.73. The van der Waals surface area contributed by atoms with Crippen LogP contribution in [0, 0.1) is 13.8 Å². The number of thiophene rings is 1. The number of nitrogens with one attached hydrogen (secondary N) is 1. The third kappa shape index (κ3) is 3.78. The quantitative estimate of drug-likeness (QED) is 0.809. The summed E-state index contributed by atoms with van der Waals surface area (Å²) in [4.78, 5) is 14.2. The van der Waals surface area contributed by atoms with E-state index in [4.69, 9.17) is 18.0 Å². The minimum absolute atomic E-state index is 0.0857. The first-order valence-electron chi connectivity index (χ1n) is 5.63. The largest absolute Gasteiger partial charge is 0.392 e. The molecule has 5 heteroatoms. The molecule has 0 fully saturated rings. The number of amides is 1. The maximum Gasteiger partial charge on any atom is 0.261 e. The third-order valence-corrected chi connectivity index (χ3v) is 4.05. The average Bonchev–Trinajstić information content (AvgIpc) is 2.58. The van der Waals surface area contributed by atoms with Gasteiger partial charge in [-0.15, -0.1) is 11.3 Å². The standard InChI is InChI=1S/C12H18N2OS2/c1-4-5-9(11(13)16)14-12(15)10-6-7(2)8(3)17-10/h6,9H,4-5H2,1-3H3,(H2,13,16)(H,14,15). The molecular formula is C12H18N2OS2. The Kier molecular flexibility index (Phi) is 5.08. The van der Waals surface area contributed by atoms with Crippen LogP contribution < -0.4 is 11.1 Å². The van der Waals surface area contributed by atoms with Gasteiger partial charge in [-0.2, -0.15) is 0 Å². The molecule has 3 nitrogen and oxygen atoms in total. The molecule has 0 bridgehead atoms. The summed E-state index contributed by atoms with van der Waals surface area (Å²) in [6, 6.07) is 1.70. The van der Waals surface area contributed by atoms with Crippen molar-refractivity contribution in [1.82, 2.24) is 5.32 Å². The van der Waals surface area contributed by atoms with E-state index in [9.17, 15) is 4.79 Å². The van der Waals surface area contributed by atoms with E-state index >= 15 is 0 Å². The van der Waals surface area contributed by atoms with Crippen molar-refractivity contribution in [2.24, 2.45) is 5.73 Å². The fourth-order valence-corrected chi connectivity index (χ4v) is 2.60. The molecule has 0 radical (unpaired) electrons. The lowest BCUT2D eigenvalue weighted by Crippen LogP contribution is -2.43. The highest BCUT2D eigenvalue weighted by Crippen LogP contribution is 2.20. The zero-order valence-corrected chi connectivity index (χ0v) is 12.0. The molecule has 1 heterocycles. The third-order valence-electron chi connectivity index (χ3n) is 2.62. The summed E-state index contributed by atoms with van der Waals surface area (Å²) in [6.07, 6.45) is 1.72. The Morgan fingerprint density at radius 1 is 1.59 bits per heavy atom. The zero-order valence-electron chi connectivity index (χ0n) is 10.4. The van der Waals surface area contributed by atoms with Gasteiger partial charge in [0.2, 0.25) is 0 Å². The maximum atomic E-state index is 12.0. The number of nitrogens with two attached hydrogens (primary N) is 1. The molecule has 1 aromatic heterocycles. The normalized spacial score (nSPS) is 12.2. The van der Waals surface area contributed by atoms with Gasteiger partial charge in [0.1, 0.15) is 0 Å². The summed E-state index contributed by atoms with van der Waals surface area (Å²) >= 11 is 6.45. The van der Waals surface area contributed by atoms with E-state index in [1.165, 1.54) is 11.3 Å². The SMILES string of the molecule is CCCC(NC(=O)c1cc(C)c(C)s1)C(N)=S. The van der Waals surface area contributed by atoms with Gasteiger partial charge in [0.05, 0.1) is 15.9 Å². The Labute approximate surface area is 111 Å². The molecule has 0 aliphatic rings. The summed E-state index contributed by atoms with van der Waals surface area (Å²) in [5.41, 5.74) is 6.75. The van der Waals surface area contributed by atoms with Crippen LogP contribution in [-0.2, 0) is 0 Å². The summed E-state index contributed by atoms with van der Waals surface area (Å²) in [5.74, 6) is -0.0857. The van der Waals surface area contributed by atoms with Crippen LogP contribution in [0.4, 0.5) is 0 Å². The minimum Gasteiger partial charge on any atom is -0.392 e. The Bertz CT molecular complexity index is 407. The van der Waals surface area contributed by atoms with Gasteiger partial charge < -0.3 is 11.1 Å². The van der Waals surface area contributed by atoms with E-state index in [1.807, 2.05) is 26.8 Å². The van der Waals surface area contributed by atoms with Gasteiger partial charge in [-0.05, 0) is 31.9 Å². The lowest BCUT2D eigenvalue weighted by atomic mass is 10.1. The van der Waals surface area contributed by atoms with Gasteiger partial charge in [0, 0.05) is 4.88 Å². The highest BCUT2D eigenvalue weighted by atomic mass is 32.1. The van der Waals surface area contributed by atoms with Crippen LogP contribution in [-0.4, -0.2) is 16.9 Å². The van der Waals surface area contributed by atoms with E-state index in [2.05, 4.69) is 5.32 Å². The molecule has 1 unspecified atom stereocenters. The van der Waals surface area contributed by atoms with E-state index in [-0.39, 0.29) is 11.9 Å². The van der Waals surface area contributed by atoms with Gasteiger partial charge in [-0.1, -0.05) is 25.6 Å². The van der Waals surface area contributed by atoms with Crippen LogP contribution in [0.5, 0.6) is 0 Å². The van der Waals surface area contributed by atoms with Crippen molar-refractivity contribution in [3.05, 3.63) is 21.4 Å². The molecule has 0 aliphatic carbocycles. The number of hydrogen-bond donors (Lipinski definition) is 2. The molecule has 1 rings (SSSR count). The first-order chi connectivity index (χ1) is 7.95. The monoisotopic (exact) mass is 270 g/mol. The molecule has 0 saturated carbocycles. The van der Waals surface area contributed by atoms with Crippen molar-refractivity contribution in [1.29, 1.82) is 0 Å². The van der Waals surface area contributed by atoms with E-state index in [0.29, 0.717) is 4.99 Å². The second-order valence-corrected chi connectivity index (χ2v) is 5.79. The van der Waals surface area contributed by atoms with Gasteiger partial charge in [0.15, 0.2) is 0 Å². The summed E-state index contributed by atoms with van der Waals surface area (Å²) in [6.45, 7) is 6.05.